The zero-order chi connectivity index (χ0) is 18.6. The SMILES string of the molecule is CN(CC(=O)Nc1ccc(SC(F)F)cc1)S(=O)(=O)c1ccc(Cl)s1. The van der Waals surface area contributed by atoms with Gasteiger partial charge in [-0.1, -0.05) is 23.4 Å². The quantitative estimate of drug-likeness (QED) is 0.680. The van der Waals surface area contributed by atoms with Crippen LogP contribution in [-0.4, -0.2) is 38.0 Å². The molecule has 1 heterocycles. The van der Waals surface area contributed by atoms with Crippen molar-refractivity contribution in [2.45, 2.75) is 14.9 Å². The van der Waals surface area contributed by atoms with Crippen LogP contribution in [0.15, 0.2) is 45.5 Å². The number of nitrogens with one attached hydrogen (secondary N) is 1. The molecule has 1 aromatic heterocycles. The van der Waals surface area contributed by atoms with Crippen molar-refractivity contribution in [3.05, 3.63) is 40.7 Å². The highest BCUT2D eigenvalue weighted by atomic mass is 35.5. The van der Waals surface area contributed by atoms with Crippen molar-refractivity contribution in [3.8, 4) is 0 Å². The fourth-order valence-corrected chi connectivity index (χ4v) is 5.12. The van der Waals surface area contributed by atoms with Crippen molar-refractivity contribution < 1.29 is 22.0 Å². The molecule has 0 aliphatic rings. The molecule has 25 heavy (non-hydrogen) atoms. The number of amides is 1. The van der Waals surface area contributed by atoms with E-state index in [0.717, 1.165) is 15.6 Å². The molecule has 0 spiro atoms. The maximum atomic E-state index is 12.3. The Morgan fingerprint density at radius 1 is 1.28 bits per heavy atom. The van der Waals surface area contributed by atoms with Crippen molar-refractivity contribution >= 4 is 56.3 Å². The van der Waals surface area contributed by atoms with Gasteiger partial charge in [0.25, 0.3) is 15.8 Å². The van der Waals surface area contributed by atoms with Gasteiger partial charge in [0.15, 0.2) is 0 Å². The molecule has 0 saturated heterocycles. The summed E-state index contributed by atoms with van der Waals surface area (Å²) in [4.78, 5) is 12.4. The third-order valence-electron chi connectivity index (χ3n) is 2.94. The minimum atomic E-state index is -3.81. The lowest BCUT2D eigenvalue weighted by atomic mass is 10.3. The van der Waals surface area contributed by atoms with Crippen LogP contribution in [0.25, 0.3) is 0 Å². The van der Waals surface area contributed by atoms with E-state index in [0.29, 0.717) is 26.7 Å². The summed E-state index contributed by atoms with van der Waals surface area (Å²) >= 11 is 7.03. The van der Waals surface area contributed by atoms with Crippen LogP contribution in [0, 0.1) is 0 Å². The molecule has 0 saturated carbocycles. The molecular weight excluding hydrogens is 414 g/mol. The molecule has 2 aromatic rings. The minimum absolute atomic E-state index is 0.0428. The van der Waals surface area contributed by atoms with Crippen LogP contribution in [0.4, 0.5) is 14.5 Å². The summed E-state index contributed by atoms with van der Waals surface area (Å²) < 4.78 is 50.4. The molecule has 1 aromatic carbocycles. The Bertz CT molecular complexity index is 841. The first kappa shape index (κ1) is 20.1. The van der Waals surface area contributed by atoms with Gasteiger partial charge in [0.1, 0.15) is 4.21 Å². The second-order valence-electron chi connectivity index (χ2n) is 4.77. The lowest BCUT2D eigenvalue weighted by molar-refractivity contribution is -0.116. The van der Waals surface area contributed by atoms with Gasteiger partial charge in [0.2, 0.25) is 5.91 Å². The van der Waals surface area contributed by atoms with Crippen molar-refractivity contribution in [1.82, 2.24) is 4.31 Å². The molecule has 136 valence electrons. The van der Waals surface area contributed by atoms with Crippen LogP contribution >= 0.6 is 34.7 Å². The average Bonchev–Trinajstić information content (AvgIpc) is 2.96. The molecule has 1 N–H and O–H groups in total. The fraction of sp³-hybridized carbons (Fsp3) is 0.214. The van der Waals surface area contributed by atoms with Crippen LogP contribution in [0.3, 0.4) is 0 Å². The molecule has 0 unspecified atom stereocenters. The number of thioether (sulfide) groups is 1. The second-order valence-corrected chi connectivity index (χ2v) is 9.82. The lowest BCUT2D eigenvalue weighted by Crippen LogP contribution is -2.34. The van der Waals surface area contributed by atoms with E-state index in [1.54, 1.807) is 0 Å². The molecule has 11 heteroatoms. The Kier molecular flexibility index (Phi) is 6.80. The number of sulfonamides is 1. The fourth-order valence-electron chi connectivity index (χ4n) is 1.80. The van der Waals surface area contributed by atoms with E-state index in [1.165, 1.54) is 43.4 Å². The molecule has 0 aliphatic carbocycles. The van der Waals surface area contributed by atoms with Crippen molar-refractivity contribution in [1.29, 1.82) is 0 Å². The molecule has 0 bridgehead atoms. The normalized spacial score (nSPS) is 11.9. The van der Waals surface area contributed by atoms with Gasteiger partial charge in [-0.05, 0) is 36.4 Å². The highest BCUT2D eigenvalue weighted by Gasteiger charge is 2.24. The Morgan fingerprint density at radius 3 is 2.44 bits per heavy atom. The summed E-state index contributed by atoms with van der Waals surface area (Å²) in [7, 11) is -2.52. The van der Waals surface area contributed by atoms with E-state index in [4.69, 9.17) is 11.6 Å². The first-order chi connectivity index (χ1) is 11.7. The molecule has 0 aliphatic heterocycles. The van der Waals surface area contributed by atoms with Gasteiger partial charge in [0.05, 0.1) is 10.9 Å². The van der Waals surface area contributed by atoms with E-state index < -0.39 is 28.2 Å². The molecule has 0 radical (unpaired) electrons. The topological polar surface area (TPSA) is 66.5 Å². The zero-order valence-electron chi connectivity index (χ0n) is 12.8. The van der Waals surface area contributed by atoms with E-state index in [-0.39, 0.29) is 4.21 Å². The largest absolute Gasteiger partial charge is 0.325 e. The summed E-state index contributed by atoms with van der Waals surface area (Å²) in [5.41, 5.74) is 0.383. The summed E-state index contributed by atoms with van der Waals surface area (Å²) in [6.07, 6.45) is 0. The van der Waals surface area contributed by atoms with Crippen LogP contribution in [0.2, 0.25) is 4.34 Å². The molecule has 0 fully saturated rings. The third kappa shape index (κ3) is 5.65. The molecule has 2 rings (SSSR count). The number of carbonyl (C=O) groups is 1. The van der Waals surface area contributed by atoms with Gasteiger partial charge in [-0.2, -0.15) is 13.1 Å². The Morgan fingerprint density at radius 2 is 1.92 bits per heavy atom. The van der Waals surface area contributed by atoms with E-state index in [2.05, 4.69) is 5.32 Å². The number of carbonyl (C=O) groups excluding carboxylic acids is 1. The number of hydrogen-bond donors (Lipinski definition) is 1. The maximum absolute atomic E-state index is 12.3. The van der Waals surface area contributed by atoms with Crippen LogP contribution in [-0.2, 0) is 14.8 Å². The first-order valence-electron chi connectivity index (χ1n) is 6.75. The van der Waals surface area contributed by atoms with Gasteiger partial charge in [-0.15, -0.1) is 11.3 Å². The highest BCUT2D eigenvalue weighted by molar-refractivity contribution is 7.99. The molecule has 0 atom stereocenters. The summed E-state index contributed by atoms with van der Waals surface area (Å²) in [6, 6.07) is 8.66. The molecule has 5 nitrogen and oxygen atoms in total. The van der Waals surface area contributed by atoms with Crippen LogP contribution < -0.4 is 5.32 Å². The predicted octanol–water partition coefficient (Wildman–Crippen LogP) is 3.98. The Labute approximate surface area is 157 Å². The van der Waals surface area contributed by atoms with Gasteiger partial charge in [-0.25, -0.2) is 8.42 Å². The molecular formula is C14H13ClF2N2O3S3. The van der Waals surface area contributed by atoms with Gasteiger partial charge >= 0.3 is 0 Å². The number of alkyl halides is 2. The van der Waals surface area contributed by atoms with Crippen LogP contribution in [0.1, 0.15) is 0 Å². The third-order valence-corrected chi connectivity index (χ3v) is 7.17. The predicted molar refractivity (Wildman–Crippen MR) is 96.1 cm³/mol. The highest BCUT2D eigenvalue weighted by Crippen LogP contribution is 2.28. The maximum Gasteiger partial charge on any atom is 0.288 e. The lowest BCUT2D eigenvalue weighted by Gasteiger charge is -2.15. The number of likely N-dealkylation sites (N-methyl/N-ethyl adjacent to an activating group) is 1. The monoisotopic (exact) mass is 426 g/mol. The van der Waals surface area contributed by atoms with Gasteiger partial charge < -0.3 is 5.32 Å². The first-order valence-corrected chi connectivity index (χ1v) is 10.3. The zero-order valence-corrected chi connectivity index (χ0v) is 16.0. The van der Waals surface area contributed by atoms with Gasteiger partial charge in [0, 0.05) is 17.6 Å². The van der Waals surface area contributed by atoms with Gasteiger partial charge in [-0.3, -0.25) is 4.79 Å². The Hall–Kier alpha value is -1.20. The number of nitrogens with zero attached hydrogens (tertiary/aromatic N) is 1. The summed E-state index contributed by atoms with van der Waals surface area (Å²) in [6.45, 7) is -0.397. The minimum Gasteiger partial charge on any atom is -0.325 e. The van der Waals surface area contributed by atoms with E-state index >= 15 is 0 Å². The smallest absolute Gasteiger partial charge is 0.288 e. The second kappa shape index (κ2) is 8.45. The summed E-state index contributed by atoms with van der Waals surface area (Å²) in [5.74, 6) is -3.08. The number of rotatable bonds is 7. The van der Waals surface area contributed by atoms with Crippen molar-refractivity contribution in [2.24, 2.45) is 0 Å². The standard InChI is InChI=1S/C14H13ClF2N2O3S3/c1-19(25(21,22)13-7-6-11(15)24-13)8-12(20)18-9-2-4-10(5-3-9)23-14(16)17/h2-7,14H,8H2,1H3,(H,18,20). The summed E-state index contributed by atoms with van der Waals surface area (Å²) in [5, 5.41) is 2.52. The number of thiophene rings is 1. The average molecular weight is 427 g/mol. The number of halogens is 3. The molecule has 1 amide bonds. The van der Waals surface area contributed by atoms with E-state index in [9.17, 15) is 22.0 Å². The number of anilines is 1. The van der Waals surface area contributed by atoms with Crippen molar-refractivity contribution in [3.63, 3.8) is 0 Å². The van der Waals surface area contributed by atoms with Crippen LogP contribution in [0.5, 0.6) is 0 Å². The number of hydrogen-bond acceptors (Lipinski definition) is 5. The number of benzene rings is 1. The van der Waals surface area contributed by atoms with E-state index in [1.807, 2.05) is 0 Å². The Balaban J connectivity index is 1.97. The van der Waals surface area contributed by atoms with Crippen molar-refractivity contribution in [2.75, 3.05) is 18.9 Å².